The average molecular weight is 317 g/mol. The third kappa shape index (κ3) is 2.97. The van der Waals surface area contributed by atoms with Gasteiger partial charge in [0.2, 0.25) is 0 Å². The van der Waals surface area contributed by atoms with Crippen molar-refractivity contribution in [2.45, 2.75) is 57.8 Å². The van der Waals surface area contributed by atoms with Gasteiger partial charge in [0.1, 0.15) is 0 Å². The van der Waals surface area contributed by atoms with E-state index in [1.165, 1.54) is 7.11 Å². The van der Waals surface area contributed by atoms with Gasteiger partial charge in [0.15, 0.2) is 0 Å². The molecule has 1 saturated heterocycles. The van der Waals surface area contributed by atoms with E-state index in [4.69, 9.17) is 14.0 Å². The molecular formula is C17H24BNO4. The number of anilines is 1. The van der Waals surface area contributed by atoms with Crippen molar-refractivity contribution in [3.8, 4) is 0 Å². The highest BCUT2D eigenvalue weighted by molar-refractivity contribution is 6.64. The summed E-state index contributed by atoms with van der Waals surface area (Å²) >= 11 is 0. The fourth-order valence-electron chi connectivity index (χ4n) is 2.63. The highest BCUT2D eigenvalue weighted by Gasteiger charge is 2.52. The minimum absolute atomic E-state index is 0.376. The Morgan fingerprint density at radius 3 is 2.35 bits per heavy atom. The Morgan fingerprint density at radius 2 is 1.83 bits per heavy atom. The van der Waals surface area contributed by atoms with Crippen molar-refractivity contribution >= 4 is 24.2 Å². The maximum atomic E-state index is 12.4. The Bertz CT molecular complexity index is 609. The molecule has 0 spiro atoms. The summed E-state index contributed by atoms with van der Waals surface area (Å²) in [6.07, 6.45) is 2.25. The number of rotatable bonds is 4. The Balaban J connectivity index is 2.00. The normalized spacial score (nSPS) is 22.0. The molecule has 1 aliphatic carbocycles. The predicted molar refractivity (Wildman–Crippen MR) is 90.1 cm³/mol. The van der Waals surface area contributed by atoms with Gasteiger partial charge in [-0.2, -0.15) is 0 Å². The van der Waals surface area contributed by atoms with Crippen LogP contribution in [0.1, 0.15) is 50.9 Å². The summed E-state index contributed by atoms with van der Waals surface area (Å²) in [5.41, 5.74) is 1.09. The molecule has 0 bridgehead atoms. The summed E-state index contributed by atoms with van der Waals surface area (Å²) in [5, 5.41) is 3.39. The molecule has 0 aromatic heterocycles. The molecule has 1 aromatic carbocycles. The van der Waals surface area contributed by atoms with Crippen LogP contribution in [-0.2, 0) is 14.0 Å². The first-order valence-electron chi connectivity index (χ1n) is 8.08. The molecule has 2 aliphatic rings. The van der Waals surface area contributed by atoms with Crippen molar-refractivity contribution in [2.24, 2.45) is 0 Å². The number of benzene rings is 1. The first kappa shape index (κ1) is 16.3. The van der Waals surface area contributed by atoms with Crippen LogP contribution in [0.4, 0.5) is 5.69 Å². The topological polar surface area (TPSA) is 56.8 Å². The molecule has 1 saturated carbocycles. The molecule has 5 nitrogen and oxygen atoms in total. The minimum Gasteiger partial charge on any atom is -0.465 e. The van der Waals surface area contributed by atoms with Gasteiger partial charge in [0, 0.05) is 11.7 Å². The summed E-state index contributed by atoms with van der Waals surface area (Å²) < 4.78 is 17.2. The van der Waals surface area contributed by atoms with Crippen molar-refractivity contribution in [1.82, 2.24) is 0 Å². The zero-order valence-electron chi connectivity index (χ0n) is 14.4. The zero-order valence-corrected chi connectivity index (χ0v) is 14.4. The SMILES string of the molecule is COC(=O)c1c(NC2CC2)cccc1B1OC(C)(C)C(C)(C)O1. The second-order valence-electron chi connectivity index (χ2n) is 7.27. The smallest absolute Gasteiger partial charge is 0.465 e. The Labute approximate surface area is 137 Å². The molecule has 2 fully saturated rings. The third-order valence-electron chi connectivity index (χ3n) is 4.93. The Hall–Kier alpha value is -1.53. The monoisotopic (exact) mass is 317 g/mol. The predicted octanol–water partition coefficient (Wildman–Crippen LogP) is 2.35. The van der Waals surface area contributed by atoms with Gasteiger partial charge in [-0.05, 0) is 52.1 Å². The molecule has 6 heteroatoms. The average Bonchev–Trinajstić information content (AvgIpc) is 3.25. The summed E-state index contributed by atoms with van der Waals surface area (Å²) in [7, 11) is 0.805. The molecule has 3 rings (SSSR count). The van der Waals surface area contributed by atoms with E-state index in [9.17, 15) is 4.79 Å². The van der Waals surface area contributed by atoms with Crippen molar-refractivity contribution in [3.05, 3.63) is 23.8 Å². The van der Waals surface area contributed by atoms with Crippen LogP contribution in [0.15, 0.2) is 18.2 Å². The molecule has 0 radical (unpaired) electrons. The van der Waals surface area contributed by atoms with Gasteiger partial charge < -0.3 is 19.4 Å². The van der Waals surface area contributed by atoms with Crippen molar-refractivity contribution in [2.75, 3.05) is 12.4 Å². The van der Waals surface area contributed by atoms with Crippen LogP contribution in [0, 0.1) is 0 Å². The van der Waals surface area contributed by atoms with Crippen LogP contribution in [0.25, 0.3) is 0 Å². The van der Waals surface area contributed by atoms with Crippen LogP contribution < -0.4 is 10.8 Å². The van der Waals surface area contributed by atoms with Crippen molar-refractivity contribution < 1.29 is 18.8 Å². The fourth-order valence-corrected chi connectivity index (χ4v) is 2.63. The lowest BCUT2D eigenvalue weighted by molar-refractivity contribution is 0.00578. The van der Waals surface area contributed by atoms with Crippen molar-refractivity contribution in [3.63, 3.8) is 0 Å². The van der Waals surface area contributed by atoms with Gasteiger partial charge in [-0.25, -0.2) is 4.79 Å². The van der Waals surface area contributed by atoms with E-state index in [1.807, 2.05) is 45.9 Å². The second-order valence-corrected chi connectivity index (χ2v) is 7.27. The maximum absolute atomic E-state index is 12.4. The number of nitrogens with one attached hydrogen (secondary N) is 1. The molecule has 1 heterocycles. The molecule has 0 amide bonds. The zero-order chi connectivity index (χ0) is 16.8. The molecule has 23 heavy (non-hydrogen) atoms. The highest BCUT2D eigenvalue weighted by Crippen LogP contribution is 2.37. The van der Waals surface area contributed by atoms with E-state index in [0.29, 0.717) is 17.1 Å². The standard InChI is InChI=1S/C17H24BNO4/c1-16(2)17(3,4)23-18(22-16)12-7-6-8-13(19-11-9-10-11)14(12)15(20)21-5/h6-8,11,19H,9-10H2,1-5H3. The third-order valence-corrected chi connectivity index (χ3v) is 4.93. The number of carbonyl (C=O) groups excluding carboxylic acids is 1. The van der Waals surface area contributed by atoms with Crippen LogP contribution in [0.5, 0.6) is 0 Å². The maximum Gasteiger partial charge on any atom is 0.495 e. The van der Waals surface area contributed by atoms with E-state index in [-0.39, 0.29) is 5.97 Å². The molecule has 1 N–H and O–H groups in total. The second kappa shape index (κ2) is 5.53. The number of methoxy groups -OCH3 is 1. The number of hydrogen-bond acceptors (Lipinski definition) is 5. The molecule has 0 atom stereocenters. The first-order valence-corrected chi connectivity index (χ1v) is 8.08. The summed E-state index contributed by atoms with van der Waals surface area (Å²) in [6.45, 7) is 7.99. The van der Waals surface area contributed by atoms with E-state index in [2.05, 4.69) is 5.32 Å². The van der Waals surface area contributed by atoms with Gasteiger partial charge >= 0.3 is 13.1 Å². The summed E-state index contributed by atoms with van der Waals surface area (Å²) in [4.78, 5) is 12.4. The van der Waals surface area contributed by atoms with Crippen molar-refractivity contribution in [1.29, 1.82) is 0 Å². The lowest BCUT2D eigenvalue weighted by Gasteiger charge is -2.32. The Kier molecular flexibility index (Phi) is 3.93. The summed E-state index contributed by atoms with van der Waals surface area (Å²) in [5.74, 6) is -0.376. The van der Waals surface area contributed by atoms with Crippen LogP contribution in [0.2, 0.25) is 0 Å². The van der Waals surface area contributed by atoms with Crippen LogP contribution in [0.3, 0.4) is 0 Å². The Morgan fingerprint density at radius 1 is 1.22 bits per heavy atom. The van der Waals surface area contributed by atoms with Gasteiger partial charge in [0.25, 0.3) is 0 Å². The van der Waals surface area contributed by atoms with E-state index in [1.54, 1.807) is 0 Å². The lowest BCUT2D eigenvalue weighted by atomic mass is 9.75. The highest BCUT2D eigenvalue weighted by atomic mass is 16.7. The fraction of sp³-hybridized carbons (Fsp3) is 0.588. The molecule has 0 unspecified atom stereocenters. The largest absolute Gasteiger partial charge is 0.495 e. The van der Waals surface area contributed by atoms with Gasteiger partial charge in [-0.1, -0.05) is 12.1 Å². The van der Waals surface area contributed by atoms with Gasteiger partial charge in [-0.3, -0.25) is 0 Å². The molecular weight excluding hydrogens is 293 g/mol. The minimum atomic E-state index is -0.588. The van der Waals surface area contributed by atoms with E-state index >= 15 is 0 Å². The van der Waals surface area contributed by atoms with E-state index in [0.717, 1.165) is 18.5 Å². The number of hydrogen-bond donors (Lipinski definition) is 1. The van der Waals surface area contributed by atoms with Crippen LogP contribution >= 0.6 is 0 Å². The molecule has 1 aliphatic heterocycles. The molecule has 124 valence electrons. The number of ether oxygens (including phenoxy) is 1. The van der Waals surface area contributed by atoms with Gasteiger partial charge in [0.05, 0.1) is 23.9 Å². The van der Waals surface area contributed by atoms with Gasteiger partial charge in [-0.15, -0.1) is 0 Å². The first-order chi connectivity index (χ1) is 10.7. The quantitative estimate of drug-likeness (QED) is 0.682. The number of esters is 1. The lowest BCUT2D eigenvalue weighted by Crippen LogP contribution is -2.41. The summed E-state index contributed by atoms with van der Waals surface area (Å²) in [6, 6.07) is 6.12. The van der Waals surface area contributed by atoms with Crippen LogP contribution in [-0.4, -0.2) is 37.4 Å². The molecule has 1 aromatic rings. The van der Waals surface area contributed by atoms with E-state index < -0.39 is 18.3 Å². The number of carbonyl (C=O) groups is 1.